The van der Waals surface area contributed by atoms with E-state index in [9.17, 15) is 9.59 Å². The van der Waals surface area contributed by atoms with Gasteiger partial charge in [0.25, 0.3) is 0 Å². The van der Waals surface area contributed by atoms with Crippen LogP contribution in [0.4, 0.5) is 0 Å². The van der Waals surface area contributed by atoms with Crippen molar-refractivity contribution in [2.45, 2.75) is 66.7 Å². The van der Waals surface area contributed by atoms with E-state index >= 15 is 0 Å². The maximum atomic E-state index is 10.9. The molecule has 0 saturated carbocycles. The number of ether oxygens (including phenoxy) is 2. The van der Waals surface area contributed by atoms with Crippen LogP contribution in [0.1, 0.15) is 72.3 Å². The molecule has 0 atom stereocenters. The van der Waals surface area contributed by atoms with Gasteiger partial charge in [0.05, 0.1) is 13.2 Å². The molecule has 0 fully saturated rings. The molecule has 1 rings (SSSR count). The Morgan fingerprint density at radius 1 is 1.07 bits per heavy atom. The first-order valence-electron chi connectivity index (χ1n) is 15.0. The summed E-state index contributed by atoms with van der Waals surface area (Å²) in [6, 6.07) is 5.84. The summed E-state index contributed by atoms with van der Waals surface area (Å²) >= 11 is 10.3. The van der Waals surface area contributed by atoms with Gasteiger partial charge in [-0.2, -0.15) is 24.4 Å². The topological polar surface area (TPSA) is 117 Å². The lowest BCUT2D eigenvalue weighted by Gasteiger charge is -2.10. The van der Waals surface area contributed by atoms with Crippen LogP contribution in [-0.2, 0) is 9.59 Å². The fourth-order valence-corrected chi connectivity index (χ4v) is 3.21. The van der Waals surface area contributed by atoms with Gasteiger partial charge >= 0.3 is 0 Å². The molecular weight excluding hydrogens is 614 g/mol. The zero-order chi connectivity index (χ0) is 34.4. The van der Waals surface area contributed by atoms with Crippen molar-refractivity contribution in [3.63, 3.8) is 0 Å². The highest BCUT2D eigenvalue weighted by Gasteiger charge is 2.03. The highest BCUT2D eigenvalue weighted by atomic mass is 35.5. The summed E-state index contributed by atoms with van der Waals surface area (Å²) in [7, 11) is 0. The van der Waals surface area contributed by atoms with Crippen molar-refractivity contribution >= 4 is 53.8 Å². The maximum absolute atomic E-state index is 10.9. The van der Waals surface area contributed by atoms with Crippen molar-refractivity contribution in [1.29, 1.82) is 0 Å². The zero-order valence-corrected chi connectivity index (χ0v) is 30.7. The smallest absolute Gasteiger partial charge is 0.217 e. The van der Waals surface area contributed by atoms with Crippen molar-refractivity contribution in [2.24, 2.45) is 11.5 Å². The van der Waals surface area contributed by atoms with Gasteiger partial charge in [0.1, 0.15) is 17.3 Å². The average molecular weight is 674 g/mol. The van der Waals surface area contributed by atoms with Crippen LogP contribution < -0.4 is 26.3 Å². The summed E-state index contributed by atoms with van der Waals surface area (Å²) in [6.07, 6.45) is 19.3. The number of hydrogen-bond acceptors (Lipinski definition) is 8. The second kappa shape index (κ2) is 40.7. The van der Waals surface area contributed by atoms with Crippen molar-refractivity contribution in [1.82, 2.24) is 5.32 Å². The average Bonchev–Trinajstić information content (AvgIpc) is 3.00. The maximum Gasteiger partial charge on any atom is 0.217 e. The van der Waals surface area contributed by atoms with E-state index in [0.29, 0.717) is 32.6 Å². The zero-order valence-electron chi connectivity index (χ0n) is 28.2. The molecule has 5 N–H and O–H groups in total. The van der Waals surface area contributed by atoms with Gasteiger partial charge in [-0.25, -0.2) is 0 Å². The van der Waals surface area contributed by atoms with Gasteiger partial charge in [0.15, 0.2) is 0 Å². The van der Waals surface area contributed by atoms with E-state index in [2.05, 4.69) is 49.3 Å². The number of halogens is 1. The molecule has 0 unspecified atom stereocenters. The van der Waals surface area contributed by atoms with E-state index < -0.39 is 0 Å². The van der Waals surface area contributed by atoms with Crippen LogP contribution in [0.25, 0.3) is 6.08 Å². The van der Waals surface area contributed by atoms with Crippen molar-refractivity contribution < 1.29 is 19.1 Å². The summed E-state index contributed by atoms with van der Waals surface area (Å²) in [4.78, 5) is 20.7. The highest BCUT2D eigenvalue weighted by molar-refractivity contribution is 7.98. The number of nitrogens with two attached hydrogens (primary N) is 2. The monoisotopic (exact) mass is 673 g/mol. The number of allylic oxidation sites excluding steroid dienone is 5. The second-order valence-electron chi connectivity index (χ2n) is 8.62. The third-order valence-electron chi connectivity index (χ3n) is 4.64. The molecule has 0 saturated heterocycles. The van der Waals surface area contributed by atoms with E-state index in [4.69, 9.17) is 20.9 Å². The molecule has 0 bridgehead atoms. The summed E-state index contributed by atoms with van der Waals surface area (Å²) in [5.41, 5.74) is 11.7. The van der Waals surface area contributed by atoms with Gasteiger partial charge in [-0.1, -0.05) is 44.7 Å². The standard InChI is InChI=1S/C23H31NO3.C4H9NO.C4H10S.C2H7NS.CH3Cl/c1-5-9-20(15-17-24-16-8-10-19(4)25)11-12-21-13-14-22(26-6-2)18-23(21)27-7-3;1-2-3-4(5)6;1-3-4-5-2;3-1-2-4;1-2/h5,9,11-15,17-18,24H,1,6-8,10,16H2,2-4H3;2-3H2,1H3,(H2,5,6);3-4H2,1-2H3;4H,1-3H2;1H3/b12-11+,17-15-,20-9-;;;;. The lowest BCUT2D eigenvalue weighted by molar-refractivity contribution is -0.118. The first kappa shape index (κ1) is 48.6. The van der Waals surface area contributed by atoms with E-state index in [1.165, 1.54) is 18.6 Å². The number of ketones is 1. The lowest BCUT2D eigenvalue weighted by atomic mass is 10.1. The second-order valence-corrected chi connectivity index (χ2v) is 10.0. The molecule has 0 aliphatic rings. The number of carbonyl (C=O) groups is 2. The molecular formula is C34H60ClN3O4S2. The highest BCUT2D eigenvalue weighted by Crippen LogP contribution is 2.26. The van der Waals surface area contributed by atoms with E-state index in [-0.39, 0.29) is 11.7 Å². The molecule has 44 heavy (non-hydrogen) atoms. The number of benzene rings is 1. The summed E-state index contributed by atoms with van der Waals surface area (Å²) in [5, 5.41) is 3.20. The van der Waals surface area contributed by atoms with Gasteiger partial charge in [-0.3, -0.25) is 4.79 Å². The molecule has 0 heterocycles. The minimum Gasteiger partial charge on any atom is -0.494 e. The summed E-state index contributed by atoms with van der Waals surface area (Å²) < 4.78 is 11.3. The van der Waals surface area contributed by atoms with Crippen molar-refractivity contribution in [2.75, 3.05) is 50.4 Å². The molecule has 254 valence electrons. The SMILES string of the molecule is C=C/C=C(\C=C/NCCCC(C)=O)/C=C/c1ccc(OCC)cc1OCC.CCCC(N)=O.CCCSC.CCl.NCCS. The Labute approximate surface area is 283 Å². The number of thiol groups is 1. The Morgan fingerprint density at radius 2 is 1.70 bits per heavy atom. The van der Waals surface area contributed by atoms with Crippen LogP contribution in [0.3, 0.4) is 0 Å². The molecule has 1 aromatic carbocycles. The summed E-state index contributed by atoms with van der Waals surface area (Å²) in [5.74, 6) is 3.70. The molecule has 0 aliphatic heterocycles. The first-order valence-corrected chi connectivity index (χ1v) is 17.7. The molecule has 10 heteroatoms. The normalized spacial score (nSPS) is 10.1. The number of Topliss-reactive ketones (excluding diaryl/α,β-unsaturated/α-hetero) is 1. The predicted molar refractivity (Wildman–Crippen MR) is 201 cm³/mol. The number of nitrogens with one attached hydrogen (secondary N) is 1. The van der Waals surface area contributed by atoms with E-state index in [1.807, 2.05) is 81.2 Å². The molecule has 0 radical (unpaired) electrons. The van der Waals surface area contributed by atoms with Crippen LogP contribution in [0.2, 0.25) is 0 Å². The van der Waals surface area contributed by atoms with Crippen LogP contribution in [-0.4, -0.2) is 62.1 Å². The van der Waals surface area contributed by atoms with Crippen LogP contribution in [0.5, 0.6) is 11.5 Å². The largest absolute Gasteiger partial charge is 0.494 e. The number of rotatable bonds is 18. The Hall–Kier alpha value is -2.33. The Morgan fingerprint density at radius 3 is 2.11 bits per heavy atom. The van der Waals surface area contributed by atoms with Crippen molar-refractivity contribution in [3.8, 4) is 11.5 Å². The van der Waals surface area contributed by atoms with Gasteiger partial charge in [0, 0.05) is 49.7 Å². The van der Waals surface area contributed by atoms with Gasteiger partial charge in [-0.05, 0) is 82.0 Å². The Balaban J connectivity index is -0.000000384. The number of carbonyl (C=O) groups excluding carboxylic acids is 2. The summed E-state index contributed by atoms with van der Waals surface area (Å²) in [6.45, 7) is 16.1. The van der Waals surface area contributed by atoms with Crippen LogP contribution in [0.15, 0.2) is 60.9 Å². The third-order valence-corrected chi connectivity index (χ3v) is 5.71. The predicted octanol–water partition coefficient (Wildman–Crippen LogP) is 7.84. The third kappa shape index (κ3) is 37.7. The van der Waals surface area contributed by atoms with Gasteiger partial charge in [0.2, 0.25) is 5.91 Å². The number of alkyl halides is 1. The minimum atomic E-state index is -0.211. The van der Waals surface area contributed by atoms with Gasteiger partial charge < -0.3 is 31.1 Å². The molecule has 7 nitrogen and oxygen atoms in total. The molecule has 0 spiro atoms. The minimum absolute atomic E-state index is 0.211. The van der Waals surface area contributed by atoms with Crippen LogP contribution >= 0.6 is 36.0 Å². The number of primary amides is 1. The Bertz CT molecular complexity index is 907. The molecule has 1 aromatic rings. The number of hydrogen-bond donors (Lipinski definition) is 4. The quantitative estimate of drug-likeness (QED) is 0.0543. The number of amides is 1. The molecule has 0 aromatic heterocycles. The first-order chi connectivity index (χ1) is 21.2. The Kier molecular flexibility index (Phi) is 44.9. The number of thioether (sulfide) groups is 1. The fraction of sp³-hybridized carbons (Fsp3) is 0.529. The molecule has 1 amide bonds. The van der Waals surface area contributed by atoms with Crippen molar-refractivity contribution in [3.05, 3.63) is 66.4 Å². The molecule has 0 aliphatic carbocycles. The van der Waals surface area contributed by atoms with Gasteiger partial charge in [-0.15, -0.1) is 11.6 Å². The van der Waals surface area contributed by atoms with E-state index in [1.54, 1.807) is 13.0 Å². The fourth-order valence-electron chi connectivity index (χ4n) is 2.81. The lowest BCUT2D eigenvalue weighted by Crippen LogP contribution is -2.08. The van der Waals surface area contributed by atoms with Crippen LogP contribution in [0, 0.1) is 0 Å². The van der Waals surface area contributed by atoms with E-state index in [0.717, 1.165) is 47.8 Å².